The Labute approximate surface area is 173 Å². The first-order chi connectivity index (χ1) is 14.1. The summed E-state index contributed by atoms with van der Waals surface area (Å²) in [6.07, 6.45) is 3.36. The Hall–Kier alpha value is -2.90. The largest absolute Gasteiger partial charge is 0.481 e. The van der Waals surface area contributed by atoms with Gasteiger partial charge in [0.15, 0.2) is 0 Å². The lowest BCUT2D eigenvalue weighted by molar-refractivity contribution is -0.136. The molecule has 0 fully saturated rings. The number of hydrogen-bond acceptors (Lipinski definition) is 5. The van der Waals surface area contributed by atoms with Crippen LogP contribution in [0.3, 0.4) is 0 Å². The van der Waals surface area contributed by atoms with E-state index in [1.165, 1.54) is 10.4 Å². The van der Waals surface area contributed by atoms with Gasteiger partial charge in [-0.2, -0.15) is 0 Å². The van der Waals surface area contributed by atoms with Gasteiger partial charge in [0.2, 0.25) is 0 Å². The number of H-pyrrole nitrogens is 1. The minimum atomic E-state index is -0.804. The number of hydrogen-bond donors (Lipinski definition) is 4. The van der Waals surface area contributed by atoms with Gasteiger partial charge in [-0.3, -0.25) is 9.59 Å². The van der Waals surface area contributed by atoms with E-state index < -0.39 is 5.97 Å². The predicted octanol–water partition coefficient (Wildman–Crippen LogP) is 3.44. The van der Waals surface area contributed by atoms with E-state index in [1.54, 1.807) is 29.7 Å². The van der Waals surface area contributed by atoms with Gasteiger partial charge in [0.1, 0.15) is 5.69 Å². The molecule has 0 radical (unpaired) electrons. The molecule has 0 spiro atoms. The number of thiophene rings is 1. The molecule has 7 heteroatoms. The molecule has 2 heterocycles. The molecule has 0 unspecified atom stereocenters. The average Bonchev–Trinajstić information content (AvgIpc) is 3.15. The minimum Gasteiger partial charge on any atom is -0.481 e. The highest BCUT2D eigenvalue weighted by Gasteiger charge is 2.11. The first-order valence-electron chi connectivity index (χ1n) is 9.60. The Morgan fingerprint density at radius 3 is 2.72 bits per heavy atom. The lowest BCUT2D eigenvalue weighted by Gasteiger charge is -2.19. The number of aromatic nitrogens is 1. The Kier molecular flexibility index (Phi) is 7.61. The Bertz CT molecular complexity index is 968. The third kappa shape index (κ3) is 6.58. The molecule has 0 amide bonds. The number of pyridine rings is 1. The second kappa shape index (κ2) is 10.6. The molecule has 0 aliphatic heterocycles. The van der Waals surface area contributed by atoms with Crippen LogP contribution < -0.4 is 16.2 Å². The first kappa shape index (κ1) is 20.8. The number of anilines is 1. The highest BCUT2D eigenvalue weighted by atomic mass is 32.1. The van der Waals surface area contributed by atoms with Crippen LogP contribution in [0.4, 0.5) is 5.69 Å². The summed E-state index contributed by atoms with van der Waals surface area (Å²) in [6.45, 7) is 1.46. The van der Waals surface area contributed by atoms with Gasteiger partial charge in [-0.25, -0.2) is 0 Å². The van der Waals surface area contributed by atoms with Crippen molar-refractivity contribution in [2.45, 2.75) is 25.3 Å². The summed E-state index contributed by atoms with van der Waals surface area (Å²) in [5.41, 5.74) is 2.51. The van der Waals surface area contributed by atoms with Gasteiger partial charge >= 0.3 is 5.97 Å². The monoisotopic (exact) mass is 411 g/mol. The Balaban J connectivity index is 1.55. The Morgan fingerprint density at radius 1 is 1.14 bits per heavy atom. The van der Waals surface area contributed by atoms with Crippen molar-refractivity contribution in [2.75, 3.05) is 18.4 Å². The quantitative estimate of drug-likeness (QED) is 0.388. The molecule has 0 aliphatic carbocycles. The normalized spacial score (nSPS) is 11.9. The van der Waals surface area contributed by atoms with Gasteiger partial charge < -0.3 is 20.7 Å². The summed E-state index contributed by atoms with van der Waals surface area (Å²) in [5, 5.41) is 17.6. The topological polar surface area (TPSA) is 94.2 Å². The number of carboxylic acids is 1. The lowest BCUT2D eigenvalue weighted by atomic mass is 10.0. The molecule has 29 heavy (non-hydrogen) atoms. The first-order valence-corrected chi connectivity index (χ1v) is 10.5. The summed E-state index contributed by atoms with van der Waals surface area (Å²) in [5.74, 6) is -0.804. The fourth-order valence-corrected chi connectivity index (χ4v) is 4.07. The van der Waals surface area contributed by atoms with Crippen molar-refractivity contribution in [1.29, 1.82) is 0 Å². The van der Waals surface area contributed by atoms with Crippen LogP contribution in [-0.4, -0.2) is 29.1 Å². The van der Waals surface area contributed by atoms with Gasteiger partial charge in [-0.1, -0.05) is 30.3 Å². The summed E-state index contributed by atoms with van der Waals surface area (Å²) in [7, 11) is 0. The lowest BCUT2D eigenvalue weighted by Crippen LogP contribution is -2.26. The van der Waals surface area contributed by atoms with E-state index in [2.05, 4.69) is 27.8 Å². The van der Waals surface area contributed by atoms with E-state index >= 15 is 0 Å². The van der Waals surface area contributed by atoms with E-state index in [9.17, 15) is 9.59 Å². The number of carbonyl (C=O) groups is 1. The smallest absolute Gasteiger partial charge is 0.307 e. The molecule has 1 aromatic carbocycles. The molecule has 2 aromatic heterocycles. The second-order valence-electron chi connectivity index (χ2n) is 6.79. The van der Waals surface area contributed by atoms with Crippen LogP contribution in [0.15, 0.2) is 64.9 Å². The second-order valence-corrected chi connectivity index (χ2v) is 7.78. The molecule has 0 bridgehead atoms. The van der Waals surface area contributed by atoms with Crippen LogP contribution in [0.5, 0.6) is 0 Å². The zero-order chi connectivity index (χ0) is 20.5. The van der Waals surface area contributed by atoms with E-state index in [0.717, 1.165) is 24.9 Å². The SMILES string of the molecule is O=C(O)Cc1csc(CCN[C@@H](CCNc2ccc[nH]c2=O)c2ccccc2)c1. The molecule has 6 nitrogen and oxygen atoms in total. The average molecular weight is 412 g/mol. The maximum atomic E-state index is 11.8. The van der Waals surface area contributed by atoms with Crippen molar-refractivity contribution >= 4 is 23.0 Å². The van der Waals surface area contributed by atoms with Crippen molar-refractivity contribution in [3.8, 4) is 0 Å². The fourth-order valence-electron chi connectivity index (χ4n) is 3.18. The summed E-state index contributed by atoms with van der Waals surface area (Å²) >= 11 is 1.60. The van der Waals surface area contributed by atoms with E-state index in [-0.39, 0.29) is 18.0 Å². The highest BCUT2D eigenvalue weighted by Crippen LogP contribution is 2.19. The zero-order valence-corrected chi connectivity index (χ0v) is 16.9. The van der Waals surface area contributed by atoms with Crippen molar-refractivity contribution in [3.63, 3.8) is 0 Å². The molecule has 0 saturated carbocycles. The minimum absolute atomic E-state index is 0.0703. The van der Waals surface area contributed by atoms with Crippen LogP contribution in [0.2, 0.25) is 0 Å². The van der Waals surface area contributed by atoms with E-state index in [0.29, 0.717) is 12.2 Å². The number of nitrogens with one attached hydrogen (secondary N) is 3. The molecule has 0 aliphatic rings. The zero-order valence-electron chi connectivity index (χ0n) is 16.1. The van der Waals surface area contributed by atoms with Crippen molar-refractivity contribution < 1.29 is 9.90 Å². The van der Waals surface area contributed by atoms with Crippen molar-refractivity contribution in [1.82, 2.24) is 10.3 Å². The molecular formula is C22H25N3O3S. The molecule has 152 valence electrons. The molecule has 0 saturated heterocycles. The van der Waals surface area contributed by atoms with Gasteiger partial charge in [0.25, 0.3) is 5.56 Å². The van der Waals surface area contributed by atoms with Gasteiger partial charge in [-0.15, -0.1) is 11.3 Å². The maximum Gasteiger partial charge on any atom is 0.307 e. The predicted molar refractivity (Wildman–Crippen MR) is 117 cm³/mol. The third-order valence-electron chi connectivity index (χ3n) is 4.59. The van der Waals surface area contributed by atoms with E-state index in [1.807, 2.05) is 29.6 Å². The van der Waals surface area contributed by atoms with E-state index in [4.69, 9.17) is 5.11 Å². The van der Waals surface area contributed by atoms with Crippen LogP contribution in [0.1, 0.15) is 28.5 Å². The fraction of sp³-hybridized carbons (Fsp3) is 0.273. The molecule has 1 atom stereocenters. The van der Waals surface area contributed by atoms with Crippen LogP contribution in [0.25, 0.3) is 0 Å². The number of aliphatic carboxylic acids is 1. The van der Waals surface area contributed by atoms with Crippen molar-refractivity contribution in [3.05, 3.63) is 86.5 Å². The molecule has 3 aromatic rings. The van der Waals surface area contributed by atoms with Gasteiger partial charge in [-0.05, 0) is 47.5 Å². The number of benzene rings is 1. The summed E-state index contributed by atoms with van der Waals surface area (Å²) in [6, 6.07) is 16.0. The van der Waals surface area contributed by atoms with Gasteiger partial charge in [0.05, 0.1) is 6.42 Å². The number of rotatable bonds is 11. The van der Waals surface area contributed by atoms with Crippen LogP contribution in [0, 0.1) is 0 Å². The summed E-state index contributed by atoms with van der Waals surface area (Å²) < 4.78 is 0. The number of aromatic amines is 1. The summed E-state index contributed by atoms with van der Waals surface area (Å²) in [4.78, 5) is 26.5. The molecule has 3 rings (SSSR count). The maximum absolute atomic E-state index is 11.8. The van der Waals surface area contributed by atoms with Crippen LogP contribution >= 0.6 is 11.3 Å². The molecule has 4 N–H and O–H groups in total. The molecular weight excluding hydrogens is 386 g/mol. The Morgan fingerprint density at radius 2 is 1.97 bits per heavy atom. The number of carboxylic acid groups (broad SMARTS) is 1. The third-order valence-corrected chi connectivity index (χ3v) is 5.64. The van der Waals surface area contributed by atoms with Crippen LogP contribution in [-0.2, 0) is 17.6 Å². The highest BCUT2D eigenvalue weighted by molar-refractivity contribution is 7.10. The standard InChI is InChI=1S/C22H25N3O3S/c26-21(27)14-16-13-18(29-15-16)8-11-23-19(17-5-2-1-3-6-17)9-12-24-20-7-4-10-25-22(20)28/h1-7,10,13,15,19,23-24H,8-9,11-12,14H2,(H,25,28)(H,26,27)/t19-/m0/s1. The van der Waals surface area contributed by atoms with Crippen molar-refractivity contribution in [2.24, 2.45) is 0 Å². The van der Waals surface area contributed by atoms with Gasteiger partial charge in [0, 0.05) is 30.2 Å².